The summed E-state index contributed by atoms with van der Waals surface area (Å²) in [7, 11) is 0. The number of hydrogen-bond donors (Lipinski definition) is 0. The molecule has 0 amide bonds. The van der Waals surface area contributed by atoms with Crippen molar-refractivity contribution in [3.8, 4) is 39.1 Å². The topological polar surface area (TPSA) is 8.17 Å². The number of para-hydroxylation sites is 3. The normalized spacial score (nSPS) is 11.4. The molecule has 0 bridgehead atoms. The van der Waals surface area contributed by atoms with Gasteiger partial charge in [0.05, 0.1) is 11.0 Å². The van der Waals surface area contributed by atoms with Crippen LogP contribution in [0.15, 0.2) is 231 Å². The molecule has 0 aliphatic heterocycles. The van der Waals surface area contributed by atoms with Crippen LogP contribution < -0.4 is 4.90 Å². The quantitative estimate of drug-likeness (QED) is 0.158. The van der Waals surface area contributed by atoms with Crippen LogP contribution in [0.3, 0.4) is 0 Å². The molecule has 2 heteroatoms. The van der Waals surface area contributed by atoms with Gasteiger partial charge in [0.15, 0.2) is 0 Å². The van der Waals surface area contributed by atoms with Gasteiger partial charge in [-0.3, -0.25) is 0 Å². The van der Waals surface area contributed by atoms with Crippen LogP contribution in [-0.2, 0) is 0 Å². The average Bonchev–Trinajstić information content (AvgIpc) is 3.64. The lowest BCUT2D eigenvalue weighted by Gasteiger charge is -2.27. The number of anilines is 3. The molecule has 0 saturated heterocycles. The second kappa shape index (κ2) is 14.1. The Hall–Kier alpha value is -7.68. The van der Waals surface area contributed by atoms with E-state index in [1.807, 2.05) is 0 Å². The predicted octanol–water partition coefficient (Wildman–Crippen LogP) is 15.6. The first-order chi connectivity index (χ1) is 28.8. The van der Waals surface area contributed by atoms with Crippen molar-refractivity contribution in [3.63, 3.8) is 0 Å². The molecule has 0 atom stereocenters. The molecule has 272 valence electrons. The van der Waals surface area contributed by atoms with Crippen molar-refractivity contribution in [3.05, 3.63) is 231 Å². The second-order valence-corrected chi connectivity index (χ2v) is 15.0. The Morgan fingerprint density at radius 3 is 1.64 bits per heavy atom. The molecule has 1 heterocycles. The zero-order valence-corrected chi connectivity index (χ0v) is 31.8. The first kappa shape index (κ1) is 33.6. The Balaban J connectivity index is 1.08. The average molecular weight is 739 g/mol. The largest absolute Gasteiger partial charge is 0.310 e. The van der Waals surface area contributed by atoms with Gasteiger partial charge in [-0.05, 0) is 122 Å². The van der Waals surface area contributed by atoms with Crippen molar-refractivity contribution >= 4 is 60.4 Å². The molecule has 0 aliphatic rings. The zero-order valence-electron chi connectivity index (χ0n) is 31.8. The molecule has 0 saturated carbocycles. The van der Waals surface area contributed by atoms with E-state index in [1.54, 1.807) is 0 Å². The van der Waals surface area contributed by atoms with Crippen molar-refractivity contribution in [1.29, 1.82) is 0 Å². The van der Waals surface area contributed by atoms with Crippen LogP contribution in [0.1, 0.15) is 0 Å². The van der Waals surface area contributed by atoms with Gasteiger partial charge in [0.1, 0.15) is 0 Å². The smallest absolute Gasteiger partial charge is 0.0541 e. The number of aromatic nitrogens is 1. The summed E-state index contributed by atoms with van der Waals surface area (Å²) in [4.78, 5) is 2.37. The van der Waals surface area contributed by atoms with E-state index >= 15 is 0 Å². The first-order valence-electron chi connectivity index (χ1n) is 19.9. The van der Waals surface area contributed by atoms with E-state index < -0.39 is 0 Å². The Morgan fingerprint density at radius 2 is 0.862 bits per heavy atom. The van der Waals surface area contributed by atoms with Gasteiger partial charge in [-0.25, -0.2) is 0 Å². The van der Waals surface area contributed by atoms with Gasteiger partial charge < -0.3 is 9.47 Å². The van der Waals surface area contributed by atoms with Gasteiger partial charge in [-0.1, -0.05) is 164 Å². The molecule has 11 aromatic rings. The minimum atomic E-state index is 1.09. The molecule has 0 fully saturated rings. The van der Waals surface area contributed by atoms with E-state index in [-0.39, 0.29) is 0 Å². The summed E-state index contributed by atoms with van der Waals surface area (Å²) in [5.74, 6) is 0. The van der Waals surface area contributed by atoms with E-state index in [9.17, 15) is 0 Å². The third-order valence-corrected chi connectivity index (χ3v) is 11.6. The van der Waals surface area contributed by atoms with Gasteiger partial charge in [-0.15, -0.1) is 0 Å². The van der Waals surface area contributed by atoms with E-state index in [2.05, 4.69) is 240 Å². The van der Waals surface area contributed by atoms with Gasteiger partial charge >= 0.3 is 0 Å². The van der Waals surface area contributed by atoms with Crippen molar-refractivity contribution < 1.29 is 0 Å². The second-order valence-electron chi connectivity index (χ2n) is 15.0. The van der Waals surface area contributed by atoms with E-state index in [4.69, 9.17) is 0 Å². The molecule has 0 spiro atoms. The molecule has 2 nitrogen and oxygen atoms in total. The molecular weight excluding hydrogens is 701 g/mol. The Bertz CT molecular complexity index is 3220. The minimum Gasteiger partial charge on any atom is -0.310 e. The maximum Gasteiger partial charge on any atom is 0.0541 e. The summed E-state index contributed by atoms with van der Waals surface area (Å²) >= 11 is 0. The lowest BCUT2D eigenvalue weighted by Crippen LogP contribution is -2.10. The number of hydrogen-bond acceptors (Lipinski definition) is 1. The lowest BCUT2D eigenvalue weighted by molar-refractivity contribution is 1.18. The van der Waals surface area contributed by atoms with Gasteiger partial charge in [0.25, 0.3) is 0 Å². The maximum absolute atomic E-state index is 2.40. The summed E-state index contributed by atoms with van der Waals surface area (Å²) in [6.45, 7) is 0. The lowest BCUT2D eigenvalue weighted by atomic mass is 9.90. The van der Waals surface area contributed by atoms with Crippen molar-refractivity contribution in [2.24, 2.45) is 0 Å². The van der Waals surface area contributed by atoms with Gasteiger partial charge in [-0.2, -0.15) is 0 Å². The molecule has 0 N–H and O–H groups in total. The maximum atomic E-state index is 2.40. The van der Waals surface area contributed by atoms with E-state index in [0.29, 0.717) is 0 Å². The first-order valence-corrected chi connectivity index (χ1v) is 19.9. The van der Waals surface area contributed by atoms with Crippen LogP contribution in [-0.4, -0.2) is 4.57 Å². The molecular formula is C56H38N2. The Labute approximate surface area is 338 Å². The molecule has 10 aromatic carbocycles. The fourth-order valence-electron chi connectivity index (χ4n) is 8.82. The van der Waals surface area contributed by atoms with Crippen LogP contribution >= 0.6 is 0 Å². The SMILES string of the molecule is c1ccc(N(c2ccc(-c3ccc4ccccc4c3)cc2)c2ccc(-c3cccc(-n4c5ccccc5c5ccccc54)c3)c(-c3cccc4ccccc34)c2)cc1. The predicted molar refractivity (Wildman–Crippen MR) is 247 cm³/mol. The Morgan fingerprint density at radius 1 is 0.276 bits per heavy atom. The van der Waals surface area contributed by atoms with Crippen LogP contribution in [0.25, 0.3) is 82.4 Å². The van der Waals surface area contributed by atoms with Gasteiger partial charge in [0, 0.05) is 33.5 Å². The highest BCUT2D eigenvalue weighted by atomic mass is 15.1. The van der Waals surface area contributed by atoms with Crippen molar-refractivity contribution in [2.75, 3.05) is 4.90 Å². The van der Waals surface area contributed by atoms with Crippen LogP contribution in [0.2, 0.25) is 0 Å². The monoisotopic (exact) mass is 738 g/mol. The van der Waals surface area contributed by atoms with Crippen LogP contribution in [0.4, 0.5) is 17.1 Å². The van der Waals surface area contributed by atoms with Crippen molar-refractivity contribution in [2.45, 2.75) is 0 Å². The van der Waals surface area contributed by atoms with E-state index in [0.717, 1.165) is 22.7 Å². The Kier molecular flexibility index (Phi) is 8.19. The molecule has 1 aromatic heterocycles. The third-order valence-electron chi connectivity index (χ3n) is 11.6. The summed E-state index contributed by atoms with van der Waals surface area (Å²) in [5.41, 5.74) is 14.0. The summed E-state index contributed by atoms with van der Waals surface area (Å²) < 4.78 is 2.40. The van der Waals surface area contributed by atoms with Gasteiger partial charge in [0.2, 0.25) is 0 Å². The highest BCUT2D eigenvalue weighted by molar-refractivity contribution is 6.09. The van der Waals surface area contributed by atoms with Crippen LogP contribution in [0.5, 0.6) is 0 Å². The summed E-state index contributed by atoms with van der Waals surface area (Å²) in [6, 6.07) is 83.8. The van der Waals surface area contributed by atoms with Crippen molar-refractivity contribution in [1.82, 2.24) is 4.57 Å². The van der Waals surface area contributed by atoms with E-state index in [1.165, 1.54) is 76.7 Å². The fraction of sp³-hybridized carbons (Fsp3) is 0. The molecule has 11 rings (SSSR count). The minimum absolute atomic E-state index is 1.09. The third kappa shape index (κ3) is 5.82. The summed E-state index contributed by atoms with van der Waals surface area (Å²) in [5, 5.41) is 7.47. The molecule has 0 radical (unpaired) electrons. The molecule has 58 heavy (non-hydrogen) atoms. The standard InChI is InChI=1S/C56H38N2/c1-2-19-45(20-3-1)57(46-32-30-40(31-33-46)43-29-28-39-14-4-5-16-42(39)36-43)48-34-35-50(54(38-48)51-25-13-17-41-15-6-7-22-49(41)51)44-18-12-21-47(37-44)58-55-26-10-8-23-52(55)53-24-9-11-27-56(53)58/h1-38H. The number of benzene rings is 10. The zero-order chi connectivity index (χ0) is 38.4. The highest BCUT2D eigenvalue weighted by Crippen LogP contribution is 2.43. The number of nitrogens with zero attached hydrogens (tertiary/aromatic N) is 2. The molecule has 0 unspecified atom stereocenters. The molecule has 0 aliphatic carbocycles. The van der Waals surface area contributed by atoms with Crippen LogP contribution in [0, 0.1) is 0 Å². The fourth-order valence-corrected chi connectivity index (χ4v) is 8.82. The summed E-state index contributed by atoms with van der Waals surface area (Å²) in [6.07, 6.45) is 0. The highest BCUT2D eigenvalue weighted by Gasteiger charge is 2.19. The number of fused-ring (bicyclic) bond motifs is 5. The number of rotatable bonds is 7.